The van der Waals surface area contributed by atoms with Crippen LogP contribution in [0.25, 0.3) is 10.9 Å². The van der Waals surface area contributed by atoms with Gasteiger partial charge in [0, 0.05) is 61.4 Å². The first-order valence-corrected chi connectivity index (χ1v) is 10.9. The van der Waals surface area contributed by atoms with Crippen molar-refractivity contribution in [3.63, 3.8) is 0 Å². The van der Waals surface area contributed by atoms with E-state index in [1.165, 1.54) is 22.3 Å². The zero-order valence-corrected chi connectivity index (χ0v) is 17.7. The van der Waals surface area contributed by atoms with Gasteiger partial charge < -0.3 is 9.80 Å². The molecule has 5 rings (SSSR count). The van der Waals surface area contributed by atoms with Gasteiger partial charge in [-0.05, 0) is 55.3 Å². The SMILES string of the molecule is Cc1ccc2c(N3CCN(CCc4cccc(N5CC=NC5)c4)CC3)cccc2n1. The molecule has 2 aliphatic rings. The zero-order valence-electron chi connectivity index (χ0n) is 17.7. The molecule has 0 amide bonds. The number of pyridine rings is 1. The summed E-state index contributed by atoms with van der Waals surface area (Å²) in [4.78, 5) is 16.4. The van der Waals surface area contributed by atoms with Crippen LogP contribution in [0.1, 0.15) is 11.3 Å². The molecule has 0 aliphatic carbocycles. The number of aryl methyl sites for hydroxylation is 1. The van der Waals surface area contributed by atoms with Crippen LogP contribution in [-0.2, 0) is 6.42 Å². The zero-order chi connectivity index (χ0) is 20.3. The number of hydrogen-bond acceptors (Lipinski definition) is 5. The summed E-state index contributed by atoms with van der Waals surface area (Å²) < 4.78 is 0. The first-order chi connectivity index (χ1) is 14.8. The lowest BCUT2D eigenvalue weighted by molar-refractivity contribution is 0.261. The lowest BCUT2D eigenvalue weighted by atomic mass is 10.1. The number of anilines is 2. The molecule has 3 heterocycles. The van der Waals surface area contributed by atoms with E-state index in [1.807, 2.05) is 6.21 Å². The average molecular weight is 400 g/mol. The van der Waals surface area contributed by atoms with Crippen LogP contribution < -0.4 is 9.80 Å². The summed E-state index contributed by atoms with van der Waals surface area (Å²) in [5.41, 5.74) is 6.19. The Morgan fingerprint density at radius 2 is 1.77 bits per heavy atom. The van der Waals surface area contributed by atoms with Crippen LogP contribution in [0.2, 0.25) is 0 Å². The Labute approximate surface area is 178 Å². The highest BCUT2D eigenvalue weighted by Crippen LogP contribution is 2.27. The molecule has 5 nitrogen and oxygen atoms in total. The van der Waals surface area contributed by atoms with Gasteiger partial charge in [-0.2, -0.15) is 0 Å². The van der Waals surface area contributed by atoms with Crippen LogP contribution in [0, 0.1) is 6.92 Å². The number of rotatable bonds is 5. The van der Waals surface area contributed by atoms with Crippen LogP contribution in [0.5, 0.6) is 0 Å². The maximum absolute atomic E-state index is 4.70. The van der Waals surface area contributed by atoms with Gasteiger partial charge in [-0.25, -0.2) is 0 Å². The number of aromatic nitrogens is 1. The van der Waals surface area contributed by atoms with Gasteiger partial charge in [-0.15, -0.1) is 0 Å². The molecule has 0 saturated carbocycles. The van der Waals surface area contributed by atoms with Crippen molar-refractivity contribution in [3.8, 4) is 0 Å². The van der Waals surface area contributed by atoms with Crippen molar-refractivity contribution in [1.82, 2.24) is 9.88 Å². The standard InChI is InChI=1S/C25H29N5/c1-20-8-9-23-24(27-20)6-3-7-25(23)29-16-14-28(15-17-29)12-10-21-4-2-5-22(18-21)30-13-11-26-19-30/h2-9,11,18H,10,12-17,19H2,1H3. The maximum atomic E-state index is 4.70. The Morgan fingerprint density at radius 1 is 0.900 bits per heavy atom. The number of aliphatic imine (C=N–C) groups is 1. The lowest BCUT2D eigenvalue weighted by Gasteiger charge is -2.36. The third-order valence-corrected chi connectivity index (χ3v) is 6.24. The quantitative estimate of drug-likeness (QED) is 0.654. The van der Waals surface area contributed by atoms with Crippen molar-refractivity contribution in [3.05, 3.63) is 65.9 Å². The molecule has 2 aromatic carbocycles. The van der Waals surface area contributed by atoms with Gasteiger partial charge in [-0.3, -0.25) is 14.9 Å². The summed E-state index contributed by atoms with van der Waals surface area (Å²) in [6.07, 6.45) is 3.10. The maximum Gasteiger partial charge on any atom is 0.110 e. The molecule has 0 spiro atoms. The van der Waals surface area contributed by atoms with Crippen LogP contribution in [-0.4, -0.2) is 62.0 Å². The van der Waals surface area contributed by atoms with Gasteiger partial charge in [0.1, 0.15) is 6.67 Å². The van der Waals surface area contributed by atoms with E-state index in [1.54, 1.807) is 0 Å². The summed E-state index contributed by atoms with van der Waals surface area (Å²) in [5.74, 6) is 0. The fourth-order valence-corrected chi connectivity index (χ4v) is 4.48. The van der Waals surface area contributed by atoms with E-state index in [0.717, 1.165) is 63.6 Å². The van der Waals surface area contributed by atoms with Crippen molar-refractivity contribution in [2.45, 2.75) is 13.3 Å². The Bertz CT molecular complexity index is 1040. The molecule has 3 aromatic rings. The molecular weight excluding hydrogens is 370 g/mol. The first-order valence-electron chi connectivity index (χ1n) is 10.9. The van der Waals surface area contributed by atoms with Crippen molar-refractivity contribution in [2.24, 2.45) is 4.99 Å². The molecule has 0 unspecified atom stereocenters. The first kappa shape index (κ1) is 19.1. The molecule has 154 valence electrons. The van der Waals surface area contributed by atoms with Crippen LogP contribution in [0.15, 0.2) is 59.6 Å². The van der Waals surface area contributed by atoms with Gasteiger partial charge in [0.05, 0.1) is 12.1 Å². The molecule has 0 atom stereocenters. The highest BCUT2D eigenvalue weighted by atomic mass is 15.3. The second-order valence-corrected chi connectivity index (χ2v) is 8.27. The highest BCUT2D eigenvalue weighted by Gasteiger charge is 2.19. The van der Waals surface area contributed by atoms with Crippen LogP contribution in [0.3, 0.4) is 0 Å². The molecule has 1 saturated heterocycles. The third kappa shape index (κ3) is 4.03. The number of benzene rings is 2. The van der Waals surface area contributed by atoms with Crippen molar-refractivity contribution in [2.75, 3.05) is 55.7 Å². The van der Waals surface area contributed by atoms with Gasteiger partial charge in [0.25, 0.3) is 0 Å². The molecule has 5 heteroatoms. The van der Waals surface area contributed by atoms with Crippen LogP contribution in [0.4, 0.5) is 11.4 Å². The summed E-state index contributed by atoms with van der Waals surface area (Å²) >= 11 is 0. The smallest absolute Gasteiger partial charge is 0.110 e. The second kappa shape index (κ2) is 8.44. The van der Waals surface area contributed by atoms with Gasteiger partial charge >= 0.3 is 0 Å². The van der Waals surface area contributed by atoms with E-state index in [-0.39, 0.29) is 0 Å². The monoisotopic (exact) mass is 399 g/mol. The van der Waals surface area contributed by atoms with E-state index >= 15 is 0 Å². The third-order valence-electron chi connectivity index (χ3n) is 6.24. The minimum atomic E-state index is 0.786. The number of fused-ring (bicyclic) bond motifs is 1. The van der Waals surface area contributed by atoms with E-state index in [9.17, 15) is 0 Å². The number of nitrogens with zero attached hydrogens (tertiary/aromatic N) is 5. The fourth-order valence-electron chi connectivity index (χ4n) is 4.48. The van der Waals surface area contributed by atoms with E-state index in [4.69, 9.17) is 4.98 Å². The topological polar surface area (TPSA) is 35.0 Å². The summed E-state index contributed by atoms with van der Waals surface area (Å²) in [7, 11) is 0. The molecule has 30 heavy (non-hydrogen) atoms. The van der Waals surface area contributed by atoms with Gasteiger partial charge in [0.15, 0.2) is 0 Å². The minimum Gasteiger partial charge on any atom is -0.368 e. The summed E-state index contributed by atoms with van der Waals surface area (Å²) in [6, 6.07) is 19.8. The molecule has 0 N–H and O–H groups in total. The summed E-state index contributed by atoms with van der Waals surface area (Å²) in [5, 5.41) is 1.26. The van der Waals surface area contributed by atoms with Gasteiger partial charge in [-0.1, -0.05) is 18.2 Å². The second-order valence-electron chi connectivity index (χ2n) is 8.27. The number of piperazine rings is 1. The fraction of sp³-hybridized carbons (Fsp3) is 0.360. The Kier molecular flexibility index (Phi) is 5.37. The molecule has 1 aromatic heterocycles. The lowest BCUT2D eigenvalue weighted by Crippen LogP contribution is -2.47. The molecule has 1 fully saturated rings. The largest absolute Gasteiger partial charge is 0.368 e. The van der Waals surface area contributed by atoms with Crippen molar-refractivity contribution in [1.29, 1.82) is 0 Å². The number of hydrogen-bond donors (Lipinski definition) is 0. The van der Waals surface area contributed by atoms with E-state index < -0.39 is 0 Å². The predicted molar refractivity (Wildman–Crippen MR) is 126 cm³/mol. The van der Waals surface area contributed by atoms with E-state index in [0.29, 0.717) is 0 Å². The molecule has 2 aliphatic heterocycles. The Morgan fingerprint density at radius 3 is 2.60 bits per heavy atom. The van der Waals surface area contributed by atoms with E-state index in [2.05, 4.69) is 81.2 Å². The average Bonchev–Trinajstić information content (AvgIpc) is 3.33. The minimum absolute atomic E-state index is 0.786. The molecular formula is C25H29N5. The normalized spacial score (nSPS) is 17.2. The Balaban J connectivity index is 1.19. The predicted octanol–water partition coefficient (Wildman–Crippen LogP) is 3.76. The highest BCUT2D eigenvalue weighted by molar-refractivity contribution is 5.92. The van der Waals surface area contributed by atoms with Crippen molar-refractivity contribution < 1.29 is 0 Å². The van der Waals surface area contributed by atoms with Crippen LogP contribution >= 0.6 is 0 Å². The molecule has 0 bridgehead atoms. The van der Waals surface area contributed by atoms with Gasteiger partial charge in [0.2, 0.25) is 0 Å². The summed E-state index contributed by atoms with van der Waals surface area (Å²) in [6.45, 7) is 9.23. The Hall–Kier alpha value is -2.92. The van der Waals surface area contributed by atoms with Crippen molar-refractivity contribution >= 4 is 28.5 Å². The molecule has 0 radical (unpaired) electrons.